The molecule has 0 saturated carbocycles. The lowest BCUT2D eigenvalue weighted by atomic mass is 9.97. The second-order valence-electron chi connectivity index (χ2n) is 10.7. The molecule has 4 aromatic heterocycles. The molecule has 42 heavy (non-hydrogen) atoms. The number of imidazole rings is 1. The third-order valence-corrected chi connectivity index (χ3v) is 7.72. The van der Waals surface area contributed by atoms with Gasteiger partial charge in [0.05, 0.1) is 47.1 Å². The summed E-state index contributed by atoms with van der Waals surface area (Å²) in [7, 11) is 2.03. The zero-order valence-corrected chi connectivity index (χ0v) is 23.6. The minimum absolute atomic E-state index is 0.282. The number of pyridine rings is 1. The number of ether oxygens (including phenoxy) is 1. The number of hydrogen-bond donors (Lipinski definition) is 3. The summed E-state index contributed by atoms with van der Waals surface area (Å²) in [6.45, 7) is 5.88. The first-order valence-corrected chi connectivity index (χ1v) is 14.0. The molecule has 7 rings (SSSR count). The monoisotopic (exact) mass is 566 g/mol. The molecule has 11 nitrogen and oxygen atoms in total. The van der Waals surface area contributed by atoms with Gasteiger partial charge in [-0.05, 0) is 38.8 Å². The number of H-pyrrole nitrogens is 1. The lowest BCUT2D eigenvalue weighted by Crippen LogP contribution is -2.28. The maximum absolute atomic E-state index is 15.3. The van der Waals surface area contributed by atoms with Crippen LogP contribution in [0, 0.1) is 19.7 Å². The Kier molecular flexibility index (Phi) is 6.54. The molecule has 0 bridgehead atoms. The molecule has 0 unspecified atom stereocenters. The maximum Gasteiger partial charge on any atom is 0.140 e. The Morgan fingerprint density at radius 2 is 1.79 bits per heavy atom. The van der Waals surface area contributed by atoms with Crippen molar-refractivity contribution in [2.75, 3.05) is 35.8 Å². The molecule has 0 amide bonds. The first kappa shape index (κ1) is 26.1. The Bertz CT molecular complexity index is 1740. The first-order chi connectivity index (χ1) is 20.4. The van der Waals surface area contributed by atoms with E-state index in [1.165, 1.54) is 6.07 Å². The van der Waals surface area contributed by atoms with Gasteiger partial charge in [-0.1, -0.05) is 0 Å². The van der Waals surface area contributed by atoms with E-state index in [0.29, 0.717) is 41.2 Å². The van der Waals surface area contributed by atoms with Crippen LogP contribution >= 0.6 is 0 Å². The van der Waals surface area contributed by atoms with Crippen molar-refractivity contribution < 1.29 is 9.13 Å². The fourth-order valence-corrected chi connectivity index (χ4v) is 5.92. The van der Waals surface area contributed by atoms with Crippen LogP contribution in [0.25, 0.3) is 22.5 Å². The predicted molar refractivity (Wildman–Crippen MR) is 159 cm³/mol. The van der Waals surface area contributed by atoms with Crippen molar-refractivity contribution in [1.29, 1.82) is 0 Å². The van der Waals surface area contributed by atoms with Crippen molar-refractivity contribution >= 4 is 28.7 Å². The average Bonchev–Trinajstić information content (AvgIpc) is 3.64. The summed E-state index contributed by atoms with van der Waals surface area (Å²) in [6.07, 6.45) is 8.88. The fraction of sp³-hybridized carbons (Fsp3) is 0.300. The zero-order valence-electron chi connectivity index (χ0n) is 23.6. The molecule has 2 aliphatic rings. The van der Waals surface area contributed by atoms with E-state index in [-0.39, 0.29) is 11.9 Å². The molecular formula is C30H31FN10O. The lowest BCUT2D eigenvalue weighted by Gasteiger charge is -2.32. The van der Waals surface area contributed by atoms with Crippen LogP contribution in [0.15, 0.2) is 49.1 Å². The topological polar surface area (TPSA) is 122 Å². The van der Waals surface area contributed by atoms with Crippen molar-refractivity contribution in [3.05, 3.63) is 72.1 Å². The highest BCUT2D eigenvalue weighted by molar-refractivity contribution is 5.94. The molecule has 5 aromatic rings. The summed E-state index contributed by atoms with van der Waals surface area (Å²) < 4.78 is 23.0. The summed E-state index contributed by atoms with van der Waals surface area (Å²) in [5.41, 5.74) is 6.68. The number of aromatic nitrogens is 7. The molecule has 2 aliphatic heterocycles. The molecule has 6 heterocycles. The van der Waals surface area contributed by atoms with E-state index >= 15 is 4.39 Å². The number of aromatic amines is 1. The van der Waals surface area contributed by atoms with Gasteiger partial charge < -0.3 is 25.3 Å². The third-order valence-electron chi connectivity index (χ3n) is 7.72. The minimum Gasteiger partial charge on any atom is -0.381 e. The Hall–Kier alpha value is -4.84. The van der Waals surface area contributed by atoms with Crippen LogP contribution in [0.5, 0.6) is 0 Å². The maximum atomic E-state index is 15.3. The SMILES string of the molecule is Cc1cc(Nc2cc(Nc3cc(F)cc4c3N(C)Cc3c-4cnn3C3CCOCC3)c(-c3ncc[nH]3)cn2)nc(C)n1. The number of nitrogens with one attached hydrogen (secondary N) is 3. The fourth-order valence-electron chi connectivity index (χ4n) is 5.92. The Morgan fingerprint density at radius 3 is 2.57 bits per heavy atom. The van der Waals surface area contributed by atoms with Gasteiger partial charge in [0.1, 0.15) is 29.1 Å². The van der Waals surface area contributed by atoms with Gasteiger partial charge in [0, 0.05) is 67.8 Å². The van der Waals surface area contributed by atoms with Crippen LogP contribution in [0.4, 0.5) is 33.1 Å². The number of benzene rings is 1. The Balaban J connectivity index is 1.29. The number of anilines is 5. The molecular weight excluding hydrogens is 535 g/mol. The van der Waals surface area contributed by atoms with Crippen molar-refractivity contribution in [1.82, 2.24) is 34.7 Å². The van der Waals surface area contributed by atoms with Gasteiger partial charge in [0.15, 0.2) is 0 Å². The van der Waals surface area contributed by atoms with Crippen LogP contribution in [0.2, 0.25) is 0 Å². The number of aryl methyl sites for hydroxylation is 2. The van der Waals surface area contributed by atoms with E-state index in [1.54, 1.807) is 24.7 Å². The Morgan fingerprint density at radius 1 is 0.929 bits per heavy atom. The predicted octanol–water partition coefficient (Wildman–Crippen LogP) is 5.67. The van der Waals surface area contributed by atoms with E-state index in [4.69, 9.17) is 9.84 Å². The van der Waals surface area contributed by atoms with E-state index in [9.17, 15) is 0 Å². The molecule has 1 saturated heterocycles. The number of fused-ring (bicyclic) bond motifs is 3. The lowest BCUT2D eigenvalue weighted by molar-refractivity contribution is 0.0654. The summed E-state index contributed by atoms with van der Waals surface area (Å²) in [5, 5.41) is 11.6. The highest BCUT2D eigenvalue weighted by Gasteiger charge is 2.30. The molecule has 3 N–H and O–H groups in total. The molecule has 0 atom stereocenters. The normalized spacial score (nSPS) is 14.9. The number of hydrogen-bond acceptors (Lipinski definition) is 9. The van der Waals surface area contributed by atoms with Crippen molar-refractivity contribution in [2.45, 2.75) is 39.3 Å². The van der Waals surface area contributed by atoms with Gasteiger partial charge in [-0.2, -0.15) is 5.10 Å². The Labute approximate surface area is 242 Å². The highest BCUT2D eigenvalue weighted by Crippen LogP contribution is 2.46. The van der Waals surface area contributed by atoms with Crippen molar-refractivity contribution in [3.8, 4) is 22.5 Å². The minimum atomic E-state index is -0.338. The molecule has 0 radical (unpaired) electrons. The van der Waals surface area contributed by atoms with Crippen LogP contribution in [0.3, 0.4) is 0 Å². The quantitative estimate of drug-likeness (QED) is 0.239. The van der Waals surface area contributed by atoms with E-state index < -0.39 is 0 Å². The number of nitrogens with zero attached hydrogens (tertiary/aromatic N) is 7. The van der Waals surface area contributed by atoms with Gasteiger partial charge in [-0.25, -0.2) is 24.3 Å². The van der Waals surface area contributed by atoms with E-state index in [2.05, 4.69) is 45.1 Å². The second-order valence-corrected chi connectivity index (χ2v) is 10.7. The molecule has 0 spiro atoms. The summed E-state index contributed by atoms with van der Waals surface area (Å²) in [4.78, 5) is 23.2. The molecule has 12 heteroatoms. The van der Waals surface area contributed by atoms with E-state index in [1.807, 2.05) is 39.2 Å². The standard InChI is InChI=1S/C30H31FN10O/c1-17-10-28(37-18(2)36-17)39-27-13-24(23(14-34-27)30-32-6-7-33-30)38-25-12-19(31)11-21-22-15-35-41(20-4-8-42-9-5-20)26(22)16-40(3)29(21)25/h6-7,10-15,20H,4-5,8-9,16H2,1-3H3,(H,32,33)(H2,34,36,37,38,39). The average molecular weight is 567 g/mol. The highest BCUT2D eigenvalue weighted by atomic mass is 19.1. The van der Waals surface area contributed by atoms with Crippen LogP contribution in [-0.2, 0) is 11.3 Å². The van der Waals surface area contributed by atoms with Crippen LogP contribution in [-0.4, -0.2) is 55.0 Å². The molecule has 1 fully saturated rings. The van der Waals surface area contributed by atoms with Gasteiger partial charge in [-0.15, -0.1) is 0 Å². The smallest absolute Gasteiger partial charge is 0.140 e. The van der Waals surface area contributed by atoms with Gasteiger partial charge in [0.2, 0.25) is 0 Å². The molecule has 214 valence electrons. The third kappa shape index (κ3) is 4.83. The summed E-state index contributed by atoms with van der Waals surface area (Å²) in [5.74, 6) is 2.18. The molecule has 0 aliphatic carbocycles. The van der Waals surface area contributed by atoms with Crippen LogP contribution in [0.1, 0.15) is 36.1 Å². The van der Waals surface area contributed by atoms with Crippen molar-refractivity contribution in [2.24, 2.45) is 0 Å². The van der Waals surface area contributed by atoms with E-state index in [0.717, 1.165) is 59.8 Å². The first-order valence-electron chi connectivity index (χ1n) is 14.0. The summed E-state index contributed by atoms with van der Waals surface area (Å²) in [6, 6.07) is 7.14. The van der Waals surface area contributed by atoms with Gasteiger partial charge in [0.25, 0.3) is 0 Å². The van der Waals surface area contributed by atoms with Gasteiger partial charge in [-0.3, -0.25) is 4.68 Å². The van der Waals surface area contributed by atoms with Crippen molar-refractivity contribution in [3.63, 3.8) is 0 Å². The largest absolute Gasteiger partial charge is 0.381 e. The number of halogens is 1. The van der Waals surface area contributed by atoms with Gasteiger partial charge >= 0.3 is 0 Å². The zero-order chi connectivity index (χ0) is 28.8. The van der Waals surface area contributed by atoms with Crippen LogP contribution < -0.4 is 15.5 Å². The molecule has 1 aromatic carbocycles. The summed E-state index contributed by atoms with van der Waals surface area (Å²) >= 11 is 0. The second kappa shape index (κ2) is 10.5. The number of rotatable bonds is 6.